The maximum atomic E-state index is 17.1. The summed E-state index contributed by atoms with van der Waals surface area (Å²) in [5.41, 5.74) is 0.358. The van der Waals surface area contributed by atoms with E-state index in [-0.39, 0.29) is 52.6 Å². The molecule has 3 saturated carbocycles. The van der Waals surface area contributed by atoms with E-state index in [4.69, 9.17) is 26.1 Å². The maximum Gasteiger partial charge on any atom is 0.319 e. The molecule has 272 valence electrons. The van der Waals surface area contributed by atoms with E-state index in [9.17, 15) is 8.78 Å². The molecular weight excluding hydrogens is 668 g/mol. The van der Waals surface area contributed by atoms with Crippen molar-refractivity contribution in [2.24, 2.45) is 16.7 Å². The lowest BCUT2D eigenvalue weighted by Gasteiger charge is -2.34. The number of anilines is 1. The number of terminal acetylenes is 1. The van der Waals surface area contributed by atoms with Gasteiger partial charge in [0.05, 0.1) is 23.3 Å². The molecule has 2 aliphatic heterocycles. The molecule has 11 heteroatoms. The zero-order chi connectivity index (χ0) is 36.0. The molecule has 9 rings (SSSR count). The van der Waals surface area contributed by atoms with E-state index in [0.717, 1.165) is 38.6 Å². The van der Waals surface area contributed by atoms with E-state index in [2.05, 4.69) is 35.3 Å². The molecule has 4 fully saturated rings. The van der Waals surface area contributed by atoms with Crippen molar-refractivity contribution in [1.29, 1.82) is 0 Å². The molecule has 5 aliphatic rings. The van der Waals surface area contributed by atoms with Crippen molar-refractivity contribution in [2.75, 3.05) is 31.6 Å². The maximum absolute atomic E-state index is 17.1. The lowest BCUT2D eigenvalue weighted by atomic mass is 9.89. The van der Waals surface area contributed by atoms with Crippen molar-refractivity contribution in [3.8, 4) is 29.6 Å². The largest absolute Gasteiger partial charge is 0.463 e. The van der Waals surface area contributed by atoms with Crippen molar-refractivity contribution < 1.29 is 22.3 Å². The smallest absolute Gasteiger partial charge is 0.319 e. The highest BCUT2D eigenvalue weighted by Gasteiger charge is 2.70. The monoisotopic (exact) mass is 712 g/mol. The number of nitrogens with one attached hydrogen (secondary N) is 2. The molecule has 2 aromatic carbocycles. The number of hydrogen-bond donors (Lipinski definition) is 2. The van der Waals surface area contributed by atoms with Crippen LogP contribution >= 0.6 is 0 Å². The van der Waals surface area contributed by atoms with Gasteiger partial charge in [-0.2, -0.15) is 9.97 Å². The van der Waals surface area contributed by atoms with Gasteiger partial charge in [-0.3, -0.25) is 0 Å². The van der Waals surface area contributed by atoms with Gasteiger partial charge in [0.2, 0.25) is 0 Å². The molecule has 2 N–H and O–H groups in total. The Kier molecular flexibility index (Phi) is 7.98. The number of alkyl halides is 2. The van der Waals surface area contributed by atoms with E-state index in [1.165, 1.54) is 6.07 Å². The summed E-state index contributed by atoms with van der Waals surface area (Å²) in [4.78, 5) is 16.9. The Labute approximate surface area is 301 Å². The van der Waals surface area contributed by atoms with Gasteiger partial charge in [-0.15, -0.1) is 6.42 Å². The summed E-state index contributed by atoms with van der Waals surface area (Å²) in [7, 11) is 0. The highest BCUT2D eigenvalue weighted by Crippen LogP contribution is 2.66. The highest BCUT2D eigenvalue weighted by molar-refractivity contribution is 6.02. The zero-order valence-electron chi connectivity index (χ0n) is 29.7. The van der Waals surface area contributed by atoms with Crippen molar-refractivity contribution in [2.45, 2.75) is 95.7 Å². The van der Waals surface area contributed by atoms with Gasteiger partial charge in [0.1, 0.15) is 22.8 Å². The number of nitrogens with zero attached hydrogens (tertiary/aromatic N) is 4. The molecule has 3 aliphatic carbocycles. The Hall–Kier alpha value is -4.01. The van der Waals surface area contributed by atoms with Crippen molar-refractivity contribution in [3.63, 3.8) is 0 Å². The number of rotatable bonds is 10. The SMILES string of the molecule is C#Cc1c(F)ccc2cccc(-c3nc4c5c(nc(OCC6(CN7CCC8(CC7)CC8(F)F)CC6)nc5c3F)N[C@H]([C@H](CC)NC3CC3)[C@@H](C)C4)c12. The van der Waals surface area contributed by atoms with Gasteiger partial charge in [-0.1, -0.05) is 44.0 Å². The second-order valence-corrected chi connectivity index (χ2v) is 16.3. The topological polar surface area (TPSA) is 75.2 Å². The Balaban J connectivity index is 1.09. The minimum atomic E-state index is -2.51. The van der Waals surface area contributed by atoms with Gasteiger partial charge in [-0.05, 0) is 81.8 Å². The van der Waals surface area contributed by atoms with Crippen molar-refractivity contribution in [1.82, 2.24) is 25.2 Å². The predicted molar refractivity (Wildman–Crippen MR) is 193 cm³/mol. The van der Waals surface area contributed by atoms with E-state index < -0.39 is 23.0 Å². The first-order valence-corrected chi connectivity index (χ1v) is 18.9. The average molecular weight is 713 g/mol. The van der Waals surface area contributed by atoms with E-state index in [1.54, 1.807) is 18.2 Å². The van der Waals surface area contributed by atoms with Crippen LogP contribution in [0.1, 0.15) is 76.5 Å². The van der Waals surface area contributed by atoms with Gasteiger partial charge < -0.3 is 20.3 Å². The van der Waals surface area contributed by atoms with Crippen LogP contribution in [0.25, 0.3) is 32.9 Å². The number of benzene rings is 2. The summed E-state index contributed by atoms with van der Waals surface area (Å²) < 4.78 is 66.6. The Bertz CT molecular complexity index is 2120. The van der Waals surface area contributed by atoms with Gasteiger partial charge in [0, 0.05) is 52.9 Å². The fraction of sp³-hybridized carbons (Fsp3) is 0.537. The summed E-state index contributed by atoms with van der Waals surface area (Å²) in [5.74, 6) is -0.652. The number of pyridine rings is 1. The quantitative estimate of drug-likeness (QED) is 0.128. The summed E-state index contributed by atoms with van der Waals surface area (Å²) in [6.45, 7) is 6.78. The molecule has 0 radical (unpaired) electrons. The van der Waals surface area contributed by atoms with Gasteiger partial charge >= 0.3 is 6.01 Å². The van der Waals surface area contributed by atoms with Crippen LogP contribution in [0.2, 0.25) is 0 Å². The second-order valence-electron chi connectivity index (χ2n) is 16.3. The number of ether oxygens (including phenoxy) is 1. The number of likely N-dealkylation sites (tertiary alicyclic amines) is 1. The van der Waals surface area contributed by atoms with Crippen LogP contribution in [0.3, 0.4) is 0 Å². The van der Waals surface area contributed by atoms with Gasteiger partial charge in [0.25, 0.3) is 5.92 Å². The number of hydrogen-bond acceptors (Lipinski definition) is 7. The van der Waals surface area contributed by atoms with Crippen molar-refractivity contribution in [3.05, 3.63) is 53.2 Å². The molecule has 7 nitrogen and oxygen atoms in total. The molecule has 0 bridgehead atoms. The Morgan fingerprint density at radius 3 is 2.50 bits per heavy atom. The van der Waals surface area contributed by atoms with Crippen LogP contribution in [-0.2, 0) is 6.42 Å². The third-order valence-electron chi connectivity index (χ3n) is 12.6. The van der Waals surface area contributed by atoms with E-state index in [0.29, 0.717) is 78.2 Å². The molecular formula is C41H44F4N6O. The first-order valence-electron chi connectivity index (χ1n) is 18.9. The van der Waals surface area contributed by atoms with Crippen LogP contribution in [0.4, 0.5) is 23.4 Å². The standard InChI is InChI=1S/C41H44F4N6O/c1-4-26-28(42)12-9-24-7-6-8-27(31(24)26)35-33(43)36-32-30(47-35)19-23(3)34(29(5-2)46-25-10-11-25)48-37(32)50-38(49-36)52-22-39(13-14-39)21-51-17-15-40(16-18-51)20-41(40,44)45/h1,6-9,12,23,25,29,34,46H,5,10-11,13-22H2,2-3H3,(H,48,49,50)/t23-,29-,34-/m0/s1. The van der Waals surface area contributed by atoms with E-state index >= 15 is 8.78 Å². The molecule has 1 saturated heterocycles. The number of aromatic nitrogens is 3. The number of fused-ring (bicyclic) bond motifs is 1. The summed E-state index contributed by atoms with van der Waals surface area (Å²) in [5, 5.41) is 9.13. The number of piperidine rings is 1. The Morgan fingerprint density at radius 1 is 1.06 bits per heavy atom. The minimum Gasteiger partial charge on any atom is -0.463 e. The molecule has 3 atom stereocenters. The zero-order valence-corrected chi connectivity index (χ0v) is 29.7. The third kappa shape index (κ3) is 5.77. The average Bonchev–Trinajstić information content (AvgIpc) is 4.07. The normalized spacial score (nSPS) is 24.6. The van der Waals surface area contributed by atoms with Crippen LogP contribution in [0, 0.1) is 40.7 Å². The van der Waals surface area contributed by atoms with Crippen LogP contribution in [0.15, 0.2) is 30.3 Å². The van der Waals surface area contributed by atoms with E-state index in [1.807, 2.05) is 6.07 Å². The lowest BCUT2D eigenvalue weighted by Crippen LogP contribution is -2.48. The second kappa shape index (κ2) is 12.3. The molecule has 52 heavy (non-hydrogen) atoms. The Morgan fingerprint density at radius 2 is 1.83 bits per heavy atom. The molecule has 2 aromatic heterocycles. The first-order chi connectivity index (χ1) is 25.0. The molecule has 4 heterocycles. The lowest BCUT2D eigenvalue weighted by molar-refractivity contribution is 0.0252. The number of halogens is 4. The van der Waals surface area contributed by atoms with Crippen LogP contribution < -0.4 is 15.4 Å². The highest BCUT2D eigenvalue weighted by atomic mass is 19.3. The molecule has 4 aromatic rings. The fourth-order valence-electron chi connectivity index (χ4n) is 8.95. The molecule has 0 amide bonds. The summed E-state index contributed by atoms with van der Waals surface area (Å²) in [6, 6.07) is 9.01. The predicted octanol–water partition coefficient (Wildman–Crippen LogP) is 7.89. The van der Waals surface area contributed by atoms with Crippen molar-refractivity contribution >= 4 is 27.5 Å². The molecule has 1 spiro atoms. The minimum absolute atomic E-state index is 0.0189. The van der Waals surface area contributed by atoms with Crippen LogP contribution in [0.5, 0.6) is 6.01 Å². The summed E-state index contributed by atoms with van der Waals surface area (Å²) >= 11 is 0. The molecule has 0 unspecified atom stereocenters. The first kappa shape index (κ1) is 33.8. The summed E-state index contributed by atoms with van der Waals surface area (Å²) in [6.07, 6.45) is 12.5. The third-order valence-corrected chi connectivity index (χ3v) is 12.6. The van der Waals surface area contributed by atoms with Gasteiger partial charge in [-0.25, -0.2) is 22.5 Å². The fourth-order valence-corrected chi connectivity index (χ4v) is 8.95. The van der Waals surface area contributed by atoms with Crippen LogP contribution in [-0.4, -0.2) is 70.1 Å². The van der Waals surface area contributed by atoms with Gasteiger partial charge in [0.15, 0.2) is 5.82 Å².